The van der Waals surface area contributed by atoms with Crippen LogP contribution in [0.3, 0.4) is 0 Å². The van der Waals surface area contributed by atoms with Crippen molar-refractivity contribution in [2.75, 3.05) is 0 Å². The summed E-state index contributed by atoms with van der Waals surface area (Å²) in [6.45, 7) is 5.68. The van der Waals surface area contributed by atoms with E-state index < -0.39 is 17.6 Å². The lowest BCUT2D eigenvalue weighted by atomic mass is 9.84. The van der Waals surface area contributed by atoms with Crippen LogP contribution in [0.5, 0.6) is 11.5 Å². The largest absolute Gasteiger partial charge is 0.573 e. The van der Waals surface area contributed by atoms with Gasteiger partial charge in [-0.05, 0) is 39.0 Å². The molecule has 0 amide bonds. The lowest BCUT2D eigenvalue weighted by Crippen LogP contribution is -2.45. The average molecular weight is 274 g/mol. The molecule has 0 spiro atoms. The third-order valence-electron chi connectivity index (χ3n) is 3.86. The molecular weight excluding hydrogens is 261 g/mol. The zero-order valence-electron chi connectivity index (χ0n) is 10.7. The quantitative estimate of drug-likeness (QED) is 0.733. The Morgan fingerprint density at radius 2 is 1.89 bits per heavy atom. The van der Waals surface area contributed by atoms with Crippen molar-refractivity contribution in [2.24, 2.45) is 0 Å². The molecule has 0 N–H and O–H groups in total. The minimum atomic E-state index is -4.70. The second kappa shape index (κ2) is 3.36. The van der Waals surface area contributed by atoms with Crippen LogP contribution in [0, 0.1) is 0 Å². The molecule has 1 aromatic carbocycles. The number of halogens is 3. The second-order valence-corrected chi connectivity index (χ2v) is 5.46. The Morgan fingerprint density at radius 3 is 2.53 bits per heavy atom. The maximum Gasteiger partial charge on any atom is 0.573 e. The zero-order chi connectivity index (χ0) is 14.1. The van der Waals surface area contributed by atoms with Crippen LogP contribution in [0.25, 0.3) is 0 Å². The van der Waals surface area contributed by atoms with Crippen molar-refractivity contribution in [1.29, 1.82) is 0 Å². The predicted molar refractivity (Wildman–Crippen MR) is 60.1 cm³/mol. The fourth-order valence-corrected chi connectivity index (χ4v) is 2.43. The van der Waals surface area contributed by atoms with Gasteiger partial charge in [0, 0.05) is 5.56 Å². The molecule has 2 atom stereocenters. The van der Waals surface area contributed by atoms with Gasteiger partial charge in [-0.2, -0.15) is 0 Å². The predicted octanol–water partition coefficient (Wildman–Crippen LogP) is 3.59. The molecule has 6 heteroatoms. The van der Waals surface area contributed by atoms with E-state index in [1.165, 1.54) is 18.2 Å². The number of benzene rings is 1. The monoisotopic (exact) mass is 274 g/mol. The van der Waals surface area contributed by atoms with Gasteiger partial charge in [-0.1, -0.05) is 0 Å². The first-order chi connectivity index (χ1) is 8.62. The Hall–Kier alpha value is -1.43. The van der Waals surface area contributed by atoms with Crippen molar-refractivity contribution < 1.29 is 27.4 Å². The van der Waals surface area contributed by atoms with Gasteiger partial charge in [-0.3, -0.25) is 0 Å². The van der Waals surface area contributed by atoms with E-state index >= 15 is 0 Å². The third kappa shape index (κ3) is 1.85. The van der Waals surface area contributed by atoms with Crippen molar-refractivity contribution in [1.82, 2.24) is 0 Å². The van der Waals surface area contributed by atoms with E-state index in [1.807, 2.05) is 20.8 Å². The molecule has 1 aromatic rings. The molecule has 0 aliphatic carbocycles. The number of epoxide rings is 1. The van der Waals surface area contributed by atoms with Crippen LogP contribution in [0.4, 0.5) is 13.2 Å². The third-order valence-corrected chi connectivity index (χ3v) is 3.86. The van der Waals surface area contributed by atoms with Gasteiger partial charge in [0.15, 0.2) is 0 Å². The highest BCUT2D eigenvalue weighted by atomic mass is 19.4. The summed E-state index contributed by atoms with van der Waals surface area (Å²) in [5, 5.41) is 0. The van der Waals surface area contributed by atoms with Crippen LogP contribution in [0.1, 0.15) is 32.4 Å². The summed E-state index contributed by atoms with van der Waals surface area (Å²) in [6.07, 6.45) is -4.94. The van der Waals surface area contributed by atoms with Gasteiger partial charge < -0.3 is 14.2 Å². The van der Waals surface area contributed by atoms with Gasteiger partial charge in [0.1, 0.15) is 28.8 Å². The fraction of sp³-hybridized carbons (Fsp3) is 0.538. The number of ether oxygens (including phenoxy) is 3. The van der Waals surface area contributed by atoms with Gasteiger partial charge in [0.05, 0.1) is 0 Å². The van der Waals surface area contributed by atoms with Crippen molar-refractivity contribution in [3.05, 3.63) is 23.8 Å². The first kappa shape index (κ1) is 12.6. The van der Waals surface area contributed by atoms with Crippen LogP contribution >= 0.6 is 0 Å². The second-order valence-electron chi connectivity index (χ2n) is 5.46. The maximum absolute atomic E-state index is 12.2. The molecule has 2 unspecified atom stereocenters. The average Bonchev–Trinajstić information content (AvgIpc) is 2.92. The lowest BCUT2D eigenvalue weighted by molar-refractivity contribution is -0.274. The van der Waals surface area contributed by atoms with E-state index in [2.05, 4.69) is 4.74 Å². The minimum absolute atomic E-state index is 0.247. The summed E-state index contributed by atoms with van der Waals surface area (Å²) in [4.78, 5) is 0. The van der Waals surface area contributed by atoms with Crippen molar-refractivity contribution in [2.45, 2.75) is 44.4 Å². The summed E-state index contributed by atoms with van der Waals surface area (Å²) >= 11 is 0. The number of hydrogen-bond acceptors (Lipinski definition) is 3. The molecule has 3 rings (SSSR count). The van der Waals surface area contributed by atoms with Gasteiger partial charge in [-0.25, -0.2) is 0 Å². The standard InChI is InChI=1S/C13H13F3O3/c1-11(2)12(3)10(19-12)8-6-7(17-13(14,15)16)4-5-9(8)18-11/h4-6,10H,1-3H3. The molecule has 2 heterocycles. The summed E-state index contributed by atoms with van der Waals surface area (Å²) < 4.78 is 51.9. The van der Waals surface area contributed by atoms with E-state index in [9.17, 15) is 13.2 Å². The Morgan fingerprint density at radius 1 is 1.21 bits per heavy atom. The van der Waals surface area contributed by atoms with Crippen LogP contribution < -0.4 is 9.47 Å². The smallest absolute Gasteiger partial charge is 0.484 e. The Labute approximate surface area is 108 Å². The highest BCUT2D eigenvalue weighted by Gasteiger charge is 2.67. The van der Waals surface area contributed by atoms with Crippen LogP contribution in [-0.2, 0) is 4.74 Å². The van der Waals surface area contributed by atoms with E-state index in [4.69, 9.17) is 9.47 Å². The molecule has 0 radical (unpaired) electrons. The zero-order valence-corrected chi connectivity index (χ0v) is 10.7. The van der Waals surface area contributed by atoms with Crippen LogP contribution in [-0.4, -0.2) is 17.6 Å². The lowest BCUT2D eigenvalue weighted by Gasteiger charge is -2.35. The molecule has 19 heavy (non-hydrogen) atoms. The highest BCUT2D eigenvalue weighted by Crippen LogP contribution is 2.62. The molecule has 1 saturated heterocycles. The highest BCUT2D eigenvalue weighted by molar-refractivity contribution is 5.48. The molecule has 104 valence electrons. The van der Waals surface area contributed by atoms with Crippen molar-refractivity contribution >= 4 is 0 Å². The summed E-state index contributed by atoms with van der Waals surface area (Å²) in [6, 6.07) is 4.06. The number of rotatable bonds is 1. The van der Waals surface area contributed by atoms with E-state index in [0.717, 1.165) is 0 Å². The number of alkyl halides is 3. The SMILES string of the molecule is CC1(C)Oc2ccc(OC(F)(F)F)cc2C2OC21C. The normalized spacial score (nSPS) is 30.9. The Bertz CT molecular complexity index is 538. The Kier molecular flexibility index (Phi) is 2.23. The van der Waals surface area contributed by atoms with Crippen molar-refractivity contribution in [3.8, 4) is 11.5 Å². The van der Waals surface area contributed by atoms with Crippen LogP contribution in [0.15, 0.2) is 18.2 Å². The molecule has 0 aromatic heterocycles. The molecule has 2 aliphatic rings. The van der Waals surface area contributed by atoms with Gasteiger partial charge in [0.25, 0.3) is 0 Å². The molecule has 0 bridgehead atoms. The molecule has 3 nitrogen and oxygen atoms in total. The van der Waals surface area contributed by atoms with Crippen LogP contribution in [0.2, 0.25) is 0 Å². The Balaban J connectivity index is 1.96. The van der Waals surface area contributed by atoms with Crippen molar-refractivity contribution in [3.63, 3.8) is 0 Å². The number of hydrogen-bond donors (Lipinski definition) is 0. The summed E-state index contributed by atoms with van der Waals surface area (Å²) in [5.74, 6) is 0.284. The molecule has 2 aliphatic heterocycles. The summed E-state index contributed by atoms with van der Waals surface area (Å²) in [5.41, 5.74) is -0.419. The molecule has 0 saturated carbocycles. The molecule has 1 fully saturated rings. The molecular formula is C13H13F3O3. The van der Waals surface area contributed by atoms with Gasteiger partial charge in [0.2, 0.25) is 0 Å². The summed E-state index contributed by atoms with van der Waals surface area (Å²) in [7, 11) is 0. The minimum Gasteiger partial charge on any atom is -0.484 e. The number of fused-ring (bicyclic) bond motifs is 3. The fourth-order valence-electron chi connectivity index (χ4n) is 2.43. The first-order valence-corrected chi connectivity index (χ1v) is 5.89. The topological polar surface area (TPSA) is 31.0 Å². The van der Waals surface area contributed by atoms with Gasteiger partial charge in [-0.15, -0.1) is 13.2 Å². The maximum atomic E-state index is 12.2. The van der Waals surface area contributed by atoms with E-state index in [1.54, 1.807) is 0 Å². The van der Waals surface area contributed by atoms with E-state index in [-0.39, 0.29) is 11.9 Å². The van der Waals surface area contributed by atoms with Gasteiger partial charge >= 0.3 is 6.36 Å². The first-order valence-electron chi connectivity index (χ1n) is 5.89. The van der Waals surface area contributed by atoms with E-state index in [0.29, 0.717) is 11.3 Å².